The van der Waals surface area contributed by atoms with Gasteiger partial charge >= 0.3 is 5.97 Å². The normalized spacial score (nSPS) is 14.8. The molecule has 28 heavy (non-hydrogen) atoms. The van der Waals surface area contributed by atoms with Crippen LogP contribution in [0.25, 0.3) is 0 Å². The molecule has 0 aromatic heterocycles. The van der Waals surface area contributed by atoms with Crippen LogP contribution in [0.15, 0.2) is 42.5 Å². The molecule has 0 amide bonds. The quantitative estimate of drug-likeness (QED) is 0.477. The lowest BCUT2D eigenvalue weighted by Gasteiger charge is -2.12. The summed E-state index contributed by atoms with van der Waals surface area (Å²) in [4.78, 5) is 11.7. The van der Waals surface area contributed by atoms with Crippen molar-refractivity contribution >= 4 is 5.97 Å². The molecule has 0 aliphatic heterocycles. The van der Waals surface area contributed by atoms with Gasteiger partial charge in [0.2, 0.25) is 0 Å². The van der Waals surface area contributed by atoms with E-state index in [2.05, 4.69) is 18.2 Å². The number of hydrogen-bond acceptors (Lipinski definition) is 5. The molecule has 2 aromatic rings. The number of fused-ring (bicyclic) bond motifs is 1. The Morgan fingerprint density at radius 2 is 1.82 bits per heavy atom. The minimum atomic E-state index is -0.122. The first-order valence-electron chi connectivity index (χ1n) is 9.73. The van der Waals surface area contributed by atoms with Crippen molar-refractivity contribution in [2.45, 2.75) is 38.5 Å². The standard InChI is InChI=1S/C23H25NO4/c1-2-26-23(25)15-19-7-6-18-14-21(10-11-22(18)19)28-13-3-12-27-20-8-4-17(16-24)5-9-20/h4-5,8-11,14,19H,2-3,6-7,12-13,15H2,1H3/t19-/m0/s1. The predicted octanol–water partition coefficient (Wildman–Crippen LogP) is 4.39. The highest BCUT2D eigenvalue weighted by atomic mass is 16.5. The first kappa shape index (κ1) is 19.8. The van der Waals surface area contributed by atoms with E-state index in [0.29, 0.717) is 31.8 Å². The number of aryl methyl sites for hydroxylation is 1. The molecule has 0 bridgehead atoms. The maximum Gasteiger partial charge on any atom is 0.306 e. The van der Waals surface area contributed by atoms with Crippen LogP contribution in [0.1, 0.15) is 48.8 Å². The summed E-state index contributed by atoms with van der Waals surface area (Å²) in [6.07, 6.45) is 3.17. The summed E-state index contributed by atoms with van der Waals surface area (Å²) in [7, 11) is 0. The monoisotopic (exact) mass is 379 g/mol. The van der Waals surface area contributed by atoms with Crippen LogP contribution in [0.2, 0.25) is 0 Å². The van der Waals surface area contributed by atoms with Crippen LogP contribution in [0.4, 0.5) is 0 Å². The van der Waals surface area contributed by atoms with Crippen LogP contribution in [0, 0.1) is 11.3 Å². The van der Waals surface area contributed by atoms with Crippen LogP contribution in [-0.4, -0.2) is 25.8 Å². The molecule has 1 aliphatic carbocycles. The van der Waals surface area contributed by atoms with E-state index in [1.807, 2.05) is 13.0 Å². The number of nitrogens with zero attached hydrogens (tertiary/aromatic N) is 1. The van der Waals surface area contributed by atoms with Crippen molar-refractivity contribution in [1.29, 1.82) is 5.26 Å². The third kappa shape index (κ3) is 5.26. The molecular weight excluding hydrogens is 354 g/mol. The molecule has 0 N–H and O–H groups in total. The van der Waals surface area contributed by atoms with Crippen LogP contribution in [-0.2, 0) is 16.0 Å². The third-order valence-corrected chi connectivity index (χ3v) is 4.84. The summed E-state index contributed by atoms with van der Waals surface area (Å²) < 4.78 is 16.6. The molecule has 0 saturated heterocycles. The van der Waals surface area contributed by atoms with Gasteiger partial charge in [-0.2, -0.15) is 5.26 Å². The number of rotatable bonds is 9. The number of carbonyl (C=O) groups excluding carboxylic acids is 1. The molecule has 2 aromatic carbocycles. The Hall–Kier alpha value is -3.00. The van der Waals surface area contributed by atoms with Crippen LogP contribution < -0.4 is 9.47 Å². The van der Waals surface area contributed by atoms with E-state index in [1.165, 1.54) is 11.1 Å². The molecule has 0 unspecified atom stereocenters. The predicted molar refractivity (Wildman–Crippen MR) is 106 cm³/mol. The highest BCUT2D eigenvalue weighted by Gasteiger charge is 2.25. The zero-order valence-electron chi connectivity index (χ0n) is 16.1. The average Bonchev–Trinajstić information content (AvgIpc) is 3.10. The van der Waals surface area contributed by atoms with E-state index in [9.17, 15) is 4.79 Å². The molecule has 3 rings (SSSR count). The van der Waals surface area contributed by atoms with Crippen molar-refractivity contribution in [2.24, 2.45) is 0 Å². The highest BCUT2D eigenvalue weighted by Crippen LogP contribution is 2.37. The zero-order chi connectivity index (χ0) is 19.8. The zero-order valence-corrected chi connectivity index (χ0v) is 16.1. The summed E-state index contributed by atoms with van der Waals surface area (Å²) in [6.45, 7) is 3.39. The van der Waals surface area contributed by atoms with E-state index < -0.39 is 0 Å². The molecule has 0 heterocycles. The van der Waals surface area contributed by atoms with Crippen molar-refractivity contribution in [3.05, 3.63) is 59.2 Å². The number of nitriles is 1. The molecule has 146 valence electrons. The smallest absolute Gasteiger partial charge is 0.306 e. The molecule has 0 spiro atoms. The Balaban J connectivity index is 1.42. The second-order valence-corrected chi connectivity index (χ2v) is 6.79. The SMILES string of the molecule is CCOC(=O)C[C@@H]1CCc2cc(OCCCOc3ccc(C#N)cc3)ccc21. The van der Waals surface area contributed by atoms with Crippen molar-refractivity contribution in [1.82, 2.24) is 0 Å². The number of carbonyl (C=O) groups is 1. The number of hydrogen-bond donors (Lipinski definition) is 0. The average molecular weight is 379 g/mol. The van der Waals surface area contributed by atoms with Crippen LogP contribution in [0.3, 0.4) is 0 Å². The van der Waals surface area contributed by atoms with Gasteiger partial charge in [-0.25, -0.2) is 0 Å². The van der Waals surface area contributed by atoms with Crippen molar-refractivity contribution in [3.63, 3.8) is 0 Å². The van der Waals surface area contributed by atoms with Gasteiger partial charge < -0.3 is 14.2 Å². The van der Waals surface area contributed by atoms with E-state index >= 15 is 0 Å². The van der Waals surface area contributed by atoms with Gasteiger partial charge in [-0.15, -0.1) is 0 Å². The Bertz CT molecular complexity index is 839. The summed E-state index contributed by atoms with van der Waals surface area (Å²) in [5.41, 5.74) is 3.13. The van der Waals surface area contributed by atoms with Crippen molar-refractivity contribution < 1.29 is 19.0 Å². The highest BCUT2D eigenvalue weighted by molar-refractivity contribution is 5.71. The summed E-state index contributed by atoms with van der Waals surface area (Å²) in [5, 5.41) is 8.79. The second kappa shape index (κ2) is 9.80. The molecule has 1 atom stereocenters. The first-order chi connectivity index (χ1) is 13.7. The summed E-state index contributed by atoms with van der Waals surface area (Å²) in [6, 6.07) is 15.3. The fourth-order valence-electron chi connectivity index (χ4n) is 3.47. The Morgan fingerprint density at radius 1 is 1.11 bits per heavy atom. The Morgan fingerprint density at radius 3 is 2.54 bits per heavy atom. The van der Waals surface area contributed by atoms with Gasteiger partial charge in [0.15, 0.2) is 0 Å². The summed E-state index contributed by atoms with van der Waals surface area (Å²) >= 11 is 0. The lowest BCUT2D eigenvalue weighted by Crippen LogP contribution is -2.08. The topological polar surface area (TPSA) is 68.6 Å². The largest absolute Gasteiger partial charge is 0.493 e. The third-order valence-electron chi connectivity index (χ3n) is 4.84. The maximum atomic E-state index is 11.7. The molecular formula is C23H25NO4. The molecule has 0 fully saturated rings. The van der Waals surface area contributed by atoms with Gasteiger partial charge in [0.05, 0.1) is 37.9 Å². The Labute approximate surface area is 165 Å². The Kier molecular flexibility index (Phi) is 6.91. The van der Waals surface area contributed by atoms with Gasteiger partial charge in [0.25, 0.3) is 0 Å². The lowest BCUT2D eigenvalue weighted by molar-refractivity contribution is -0.143. The molecule has 0 saturated carbocycles. The molecule has 5 nitrogen and oxygen atoms in total. The first-order valence-corrected chi connectivity index (χ1v) is 9.73. The van der Waals surface area contributed by atoms with E-state index in [-0.39, 0.29) is 11.9 Å². The van der Waals surface area contributed by atoms with Crippen LogP contribution >= 0.6 is 0 Å². The van der Waals surface area contributed by atoms with Crippen molar-refractivity contribution in [3.8, 4) is 17.6 Å². The minimum absolute atomic E-state index is 0.122. The molecule has 0 radical (unpaired) electrons. The van der Waals surface area contributed by atoms with Gasteiger partial charge in [-0.3, -0.25) is 4.79 Å². The number of benzene rings is 2. The fraction of sp³-hybridized carbons (Fsp3) is 0.391. The lowest BCUT2D eigenvalue weighted by atomic mass is 9.98. The molecule has 5 heteroatoms. The van der Waals surface area contributed by atoms with Gasteiger partial charge in [-0.1, -0.05) is 6.07 Å². The summed E-state index contributed by atoms with van der Waals surface area (Å²) in [5.74, 6) is 1.74. The van der Waals surface area contributed by atoms with Gasteiger partial charge in [0, 0.05) is 6.42 Å². The van der Waals surface area contributed by atoms with E-state index in [4.69, 9.17) is 19.5 Å². The van der Waals surface area contributed by atoms with E-state index in [1.54, 1.807) is 24.3 Å². The van der Waals surface area contributed by atoms with Gasteiger partial charge in [0.1, 0.15) is 11.5 Å². The van der Waals surface area contributed by atoms with Crippen LogP contribution in [0.5, 0.6) is 11.5 Å². The van der Waals surface area contributed by atoms with E-state index in [0.717, 1.165) is 30.8 Å². The number of esters is 1. The number of ether oxygens (including phenoxy) is 3. The second-order valence-electron chi connectivity index (χ2n) is 6.79. The van der Waals surface area contributed by atoms with Crippen molar-refractivity contribution in [2.75, 3.05) is 19.8 Å². The maximum absolute atomic E-state index is 11.7. The fourth-order valence-corrected chi connectivity index (χ4v) is 3.47. The minimum Gasteiger partial charge on any atom is -0.493 e. The molecule has 1 aliphatic rings. The van der Waals surface area contributed by atoms with Gasteiger partial charge in [-0.05, 0) is 73.2 Å².